The molecule has 4 heteroatoms. The van der Waals surface area contributed by atoms with Crippen LogP contribution in [0.1, 0.15) is 11.3 Å². The zero-order valence-corrected chi connectivity index (χ0v) is 9.23. The number of aryl methyl sites for hydroxylation is 1. The van der Waals surface area contributed by atoms with Crippen molar-refractivity contribution in [3.8, 4) is 11.5 Å². The normalized spacial score (nSPS) is 10.6. The first-order valence-electron chi connectivity index (χ1n) is 5.21. The molecule has 0 saturated heterocycles. The molecule has 0 spiro atoms. The van der Waals surface area contributed by atoms with Crippen LogP contribution in [-0.2, 0) is 6.42 Å². The maximum absolute atomic E-state index is 5.83. The number of rotatable bonds is 3. The monoisotopic (exact) mass is 217 g/mol. The highest BCUT2D eigenvalue weighted by Crippen LogP contribution is 2.23. The van der Waals surface area contributed by atoms with Crippen LogP contribution in [0.5, 0.6) is 0 Å². The van der Waals surface area contributed by atoms with Gasteiger partial charge in [-0.3, -0.25) is 0 Å². The molecule has 0 fully saturated rings. The Balaban J connectivity index is 2.31. The topological polar surface area (TPSA) is 78.1 Å². The zero-order chi connectivity index (χ0) is 11.5. The van der Waals surface area contributed by atoms with Crippen LogP contribution >= 0.6 is 0 Å². The third-order valence-corrected chi connectivity index (χ3v) is 2.48. The van der Waals surface area contributed by atoms with Crippen LogP contribution in [0.15, 0.2) is 28.9 Å². The highest BCUT2D eigenvalue weighted by atomic mass is 16.3. The summed E-state index contributed by atoms with van der Waals surface area (Å²) in [5.41, 5.74) is 14.9. The van der Waals surface area contributed by atoms with Crippen molar-refractivity contribution in [2.45, 2.75) is 13.3 Å². The molecule has 2 rings (SSSR count). The Kier molecular flexibility index (Phi) is 2.92. The van der Waals surface area contributed by atoms with Gasteiger partial charge in [-0.05, 0) is 31.2 Å². The summed E-state index contributed by atoms with van der Waals surface area (Å²) in [4.78, 5) is 4.34. The van der Waals surface area contributed by atoms with Crippen molar-refractivity contribution >= 4 is 5.69 Å². The summed E-state index contributed by atoms with van der Waals surface area (Å²) in [6.07, 6.45) is 2.36. The fourth-order valence-corrected chi connectivity index (χ4v) is 1.48. The Morgan fingerprint density at radius 2 is 2.19 bits per heavy atom. The molecule has 16 heavy (non-hydrogen) atoms. The molecule has 1 aromatic carbocycles. The van der Waals surface area contributed by atoms with Crippen LogP contribution in [-0.4, -0.2) is 11.5 Å². The fraction of sp³-hybridized carbons (Fsp3) is 0.250. The van der Waals surface area contributed by atoms with Crippen LogP contribution in [0.25, 0.3) is 11.5 Å². The van der Waals surface area contributed by atoms with E-state index in [1.54, 1.807) is 6.26 Å². The zero-order valence-electron chi connectivity index (χ0n) is 9.23. The van der Waals surface area contributed by atoms with E-state index < -0.39 is 0 Å². The molecule has 1 heterocycles. The lowest BCUT2D eigenvalue weighted by molar-refractivity contribution is 0.572. The Hall–Kier alpha value is -1.81. The van der Waals surface area contributed by atoms with E-state index >= 15 is 0 Å². The predicted molar refractivity (Wildman–Crippen MR) is 63.8 cm³/mol. The van der Waals surface area contributed by atoms with Gasteiger partial charge in [-0.15, -0.1) is 0 Å². The van der Waals surface area contributed by atoms with Gasteiger partial charge in [0.2, 0.25) is 5.89 Å². The maximum Gasteiger partial charge on any atom is 0.226 e. The molecule has 0 unspecified atom stereocenters. The predicted octanol–water partition coefficient (Wildman–Crippen LogP) is 1.73. The molecule has 0 amide bonds. The van der Waals surface area contributed by atoms with Crippen molar-refractivity contribution in [2.75, 3.05) is 12.3 Å². The van der Waals surface area contributed by atoms with Crippen molar-refractivity contribution < 1.29 is 4.42 Å². The van der Waals surface area contributed by atoms with Gasteiger partial charge >= 0.3 is 0 Å². The Labute approximate surface area is 94.3 Å². The number of nitrogens with zero attached hydrogens (tertiary/aromatic N) is 1. The van der Waals surface area contributed by atoms with Crippen molar-refractivity contribution in [1.82, 2.24) is 4.98 Å². The molecule has 84 valence electrons. The average molecular weight is 217 g/mol. The third-order valence-electron chi connectivity index (χ3n) is 2.48. The number of aromatic nitrogens is 1. The number of nitrogen functional groups attached to an aromatic ring is 1. The first kappa shape index (κ1) is 10.7. The second kappa shape index (κ2) is 4.37. The number of anilines is 1. The largest absolute Gasteiger partial charge is 0.444 e. The lowest BCUT2D eigenvalue weighted by Crippen LogP contribution is -2.02. The minimum absolute atomic E-state index is 0.571. The van der Waals surface area contributed by atoms with Crippen molar-refractivity contribution in [3.63, 3.8) is 0 Å². The minimum Gasteiger partial charge on any atom is -0.444 e. The van der Waals surface area contributed by atoms with E-state index in [2.05, 4.69) is 4.98 Å². The maximum atomic E-state index is 5.83. The number of hydrogen-bond acceptors (Lipinski definition) is 4. The van der Waals surface area contributed by atoms with E-state index in [4.69, 9.17) is 15.9 Å². The van der Waals surface area contributed by atoms with Crippen LogP contribution < -0.4 is 11.5 Å². The van der Waals surface area contributed by atoms with E-state index in [0.29, 0.717) is 12.4 Å². The smallest absolute Gasteiger partial charge is 0.226 e. The number of oxazole rings is 1. The highest BCUT2D eigenvalue weighted by Gasteiger charge is 2.07. The van der Waals surface area contributed by atoms with Gasteiger partial charge in [-0.2, -0.15) is 0 Å². The van der Waals surface area contributed by atoms with Gasteiger partial charge in [0.1, 0.15) is 6.26 Å². The quantitative estimate of drug-likeness (QED) is 0.767. The van der Waals surface area contributed by atoms with E-state index in [0.717, 1.165) is 28.9 Å². The molecule has 0 aliphatic rings. The summed E-state index contributed by atoms with van der Waals surface area (Å²) in [5.74, 6) is 0.593. The molecule has 1 aromatic heterocycles. The molecule has 0 atom stereocenters. The third kappa shape index (κ3) is 2.06. The molecular weight excluding hydrogens is 202 g/mol. The molecule has 4 nitrogen and oxygen atoms in total. The van der Waals surface area contributed by atoms with Crippen molar-refractivity contribution in [1.29, 1.82) is 0 Å². The molecule has 0 bridgehead atoms. The highest BCUT2D eigenvalue weighted by molar-refractivity contribution is 5.62. The molecule has 0 radical (unpaired) electrons. The van der Waals surface area contributed by atoms with Gasteiger partial charge in [0, 0.05) is 17.7 Å². The molecule has 0 aliphatic carbocycles. The lowest BCUT2D eigenvalue weighted by Gasteiger charge is -2.01. The van der Waals surface area contributed by atoms with Gasteiger partial charge in [-0.25, -0.2) is 4.98 Å². The Morgan fingerprint density at radius 3 is 2.88 bits per heavy atom. The van der Waals surface area contributed by atoms with Crippen LogP contribution in [0.4, 0.5) is 5.69 Å². The first-order valence-corrected chi connectivity index (χ1v) is 5.21. The summed E-state index contributed by atoms with van der Waals surface area (Å²) >= 11 is 0. The summed E-state index contributed by atoms with van der Waals surface area (Å²) in [6, 6.07) is 5.77. The summed E-state index contributed by atoms with van der Waals surface area (Å²) < 4.78 is 5.38. The summed E-state index contributed by atoms with van der Waals surface area (Å²) in [5, 5.41) is 0. The van der Waals surface area contributed by atoms with Gasteiger partial charge in [0.05, 0.1) is 5.69 Å². The average Bonchev–Trinajstić information content (AvgIpc) is 2.71. The van der Waals surface area contributed by atoms with E-state index in [1.807, 2.05) is 25.1 Å². The van der Waals surface area contributed by atoms with E-state index in [-0.39, 0.29) is 0 Å². The standard InChI is InChI=1S/C12H15N3O/c1-8-2-3-9(6-11(8)14)12-15-10(4-5-13)7-16-12/h2-3,6-7H,4-5,13-14H2,1H3. The van der Waals surface area contributed by atoms with Gasteiger partial charge in [-0.1, -0.05) is 6.07 Å². The molecule has 2 aromatic rings. The molecule has 4 N–H and O–H groups in total. The fourth-order valence-electron chi connectivity index (χ4n) is 1.48. The van der Waals surface area contributed by atoms with Crippen LogP contribution in [0.2, 0.25) is 0 Å². The van der Waals surface area contributed by atoms with Gasteiger partial charge in [0.15, 0.2) is 0 Å². The molecule has 0 saturated carbocycles. The first-order chi connectivity index (χ1) is 7.70. The summed E-state index contributed by atoms with van der Waals surface area (Å²) in [6.45, 7) is 2.54. The van der Waals surface area contributed by atoms with E-state index in [1.165, 1.54) is 0 Å². The van der Waals surface area contributed by atoms with Crippen LogP contribution in [0.3, 0.4) is 0 Å². The second-order valence-electron chi connectivity index (χ2n) is 3.75. The minimum atomic E-state index is 0.571. The molecule has 0 aliphatic heterocycles. The second-order valence-corrected chi connectivity index (χ2v) is 3.75. The summed E-state index contributed by atoms with van der Waals surface area (Å²) in [7, 11) is 0. The van der Waals surface area contributed by atoms with Gasteiger partial charge < -0.3 is 15.9 Å². The van der Waals surface area contributed by atoms with Crippen LogP contribution in [0, 0.1) is 6.92 Å². The molecular formula is C12H15N3O. The van der Waals surface area contributed by atoms with E-state index in [9.17, 15) is 0 Å². The number of hydrogen-bond donors (Lipinski definition) is 2. The Morgan fingerprint density at radius 1 is 1.38 bits per heavy atom. The SMILES string of the molecule is Cc1ccc(-c2nc(CCN)co2)cc1N. The number of nitrogens with two attached hydrogens (primary N) is 2. The number of benzene rings is 1. The van der Waals surface area contributed by atoms with Crippen molar-refractivity contribution in [2.24, 2.45) is 5.73 Å². The van der Waals surface area contributed by atoms with Crippen molar-refractivity contribution in [3.05, 3.63) is 35.7 Å². The Bertz CT molecular complexity index is 491. The van der Waals surface area contributed by atoms with Gasteiger partial charge in [0.25, 0.3) is 0 Å². The lowest BCUT2D eigenvalue weighted by atomic mass is 10.1.